The number of piperazine rings is 1. The first-order chi connectivity index (χ1) is 14.8. The van der Waals surface area contributed by atoms with Crippen LogP contribution in [-0.4, -0.2) is 61.6 Å². The molecule has 1 amide bonds. The molecule has 0 saturated carbocycles. The Balaban J connectivity index is 1.20. The fraction of sp³-hybridized carbons (Fsp3) is 0.381. The highest BCUT2D eigenvalue weighted by molar-refractivity contribution is 5.92. The highest BCUT2D eigenvalue weighted by Crippen LogP contribution is 2.32. The van der Waals surface area contributed by atoms with E-state index in [1.54, 1.807) is 0 Å². The molecule has 2 heterocycles. The lowest BCUT2D eigenvalue weighted by Crippen LogP contribution is -2.48. The van der Waals surface area contributed by atoms with Crippen molar-refractivity contribution >= 4 is 11.6 Å². The highest BCUT2D eigenvalue weighted by Gasteiger charge is 2.31. The Morgan fingerprint density at radius 3 is 2.35 bits per heavy atom. The van der Waals surface area contributed by atoms with Crippen LogP contribution >= 0.6 is 0 Å². The van der Waals surface area contributed by atoms with Gasteiger partial charge < -0.3 is 19.5 Å². The molecule has 1 fully saturated rings. The topological polar surface area (TPSA) is 63.3 Å². The SMILES string of the molecule is O=C(CN1CCN(Cc2ccc3c(c2)OCO3)CC1)Nc1ccc(OC(F)(F)F)cc1. The van der Waals surface area contributed by atoms with Crippen molar-refractivity contribution in [3.05, 3.63) is 48.0 Å². The van der Waals surface area contributed by atoms with Crippen LogP contribution in [-0.2, 0) is 11.3 Å². The van der Waals surface area contributed by atoms with Gasteiger partial charge in [0, 0.05) is 38.4 Å². The molecule has 2 aromatic carbocycles. The summed E-state index contributed by atoms with van der Waals surface area (Å²) in [4.78, 5) is 16.6. The number of carbonyl (C=O) groups is 1. The Labute approximate surface area is 177 Å². The number of hydrogen-bond acceptors (Lipinski definition) is 6. The lowest BCUT2D eigenvalue weighted by atomic mass is 10.1. The molecule has 2 aliphatic heterocycles. The summed E-state index contributed by atoms with van der Waals surface area (Å²) in [5.74, 6) is 0.991. The van der Waals surface area contributed by atoms with Crippen LogP contribution in [0.1, 0.15) is 5.56 Å². The van der Waals surface area contributed by atoms with E-state index < -0.39 is 6.36 Å². The van der Waals surface area contributed by atoms with Gasteiger partial charge in [-0.15, -0.1) is 13.2 Å². The third-order valence-corrected chi connectivity index (χ3v) is 5.05. The van der Waals surface area contributed by atoms with Crippen LogP contribution < -0.4 is 19.5 Å². The molecule has 0 unspecified atom stereocenters. The number of benzene rings is 2. The minimum atomic E-state index is -4.74. The predicted octanol–water partition coefficient (Wildman–Crippen LogP) is 3.07. The fourth-order valence-electron chi connectivity index (χ4n) is 3.55. The third-order valence-electron chi connectivity index (χ3n) is 5.05. The summed E-state index contributed by atoms with van der Waals surface area (Å²) in [6.45, 7) is 4.41. The molecule has 0 bridgehead atoms. The predicted molar refractivity (Wildman–Crippen MR) is 106 cm³/mol. The second-order valence-corrected chi connectivity index (χ2v) is 7.36. The van der Waals surface area contributed by atoms with E-state index in [2.05, 4.69) is 15.0 Å². The average molecular weight is 437 g/mol. The number of hydrogen-bond donors (Lipinski definition) is 1. The molecule has 0 aromatic heterocycles. The third kappa shape index (κ3) is 6.02. The number of ether oxygens (including phenoxy) is 3. The summed E-state index contributed by atoms with van der Waals surface area (Å²) in [6, 6.07) is 11.0. The van der Waals surface area contributed by atoms with Crippen molar-refractivity contribution in [2.24, 2.45) is 0 Å². The van der Waals surface area contributed by atoms with Crippen LogP contribution in [0.15, 0.2) is 42.5 Å². The van der Waals surface area contributed by atoms with E-state index in [9.17, 15) is 18.0 Å². The highest BCUT2D eigenvalue weighted by atomic mass is 19.4. The lowest BCUT2D eigenvalue weighted by molar-refractivity contribution is -0.274. The number of amides is 1. The zero-order valence-corrected chi connectivity index (χ0v) is 16.7. The summed E-state index contributed by atoms with van der Waals surface area (Å²) >= 11 is 0. The molecular weight excluding hydrogens is 415 g/mol. The van der Waals surface area contributed by atoms with Gasteiger partial charge in [-0.25, -0.2) is 0 Å². The summed E-state index contributed by atoms with van der Waals surface area (Å²) in [5.41, 5.74) is 1.56. The molecule has 1 N–H and O–H groups in total. The number of nitrogens with zero attached hydrogens (tertiary/aromatic N) is 2. The Kier molecular flexibility index (Phi) is 6.19. The molecule has 31 heavy (non-hydrogen) atoms. The minimum Gasteiger partial charge on any atom is -0.454 e. The van der Waals surface area contributed by atoms with Gasteiger partial charge in [-0.05, 0) is 42.0 Å². The molecule has 0 atom stereocenters. The maximum absolute atomic E-state index is 12.3. The standard InChI is InChI=1S/C21H22F3N3O4/c22-21(23,24)31-17-4-2-16(3-5-17)25-20(28)13-27-9-7-26(8-10-27)12-15-1-6-18-19(11-15)30-14-29-18/h1-6,11H,7-10,12-14H2,(H,25,28). The van der Waals surface area contributed by atoms with Gasteiger partial charge in [-0.3, -0.25) is 14.6 Å². The van der Waals surface area contributed by atoms with Crippen molar-refractivity contribution < 1.29 is 32.2 Å². The Hall–Kier alpha value is -2.98. The number of fused-ring (bicyclic) bond motifs is 1. The van der Waals surface area contributed by atoms with Crippen molar-refractivity contribution in [2.45, 2.75) is 12.9 Å². The van der Waals surface area contributed by atoms with Gasteiger partial charge in [0.15, 0.2) is 11.5 Å². The number of rotatable bonds is 6. The molecular formula is C21H22F3N3O4. The number of anilines is 1. The van der Waals surface area contributed by atoms with Crippen LogP contribution in [0.3, 0.4) is 0 Å². The molecule has 4 rings (SSSR count). The fourth-order valence-corrected chi connectivity index (χ4v) is 3.55. The molecule has 2 aromatic rings. The van der Waals surface area contributed by atoms with Crippen LogP contribution in [0, 0.1) is 0 Å². The summed E-state index contributed by atoms with van der Waals surface area (Å²) < 4.78 is 51.2. The second-order valence-electron chi connectivity index (χ2n) is 7.36. The zero-order valence-electron chi connectivity index (χ0n) is 16.7. The van der Waals surface area contributed by atoms with Gasteiger partial charge in [0.2, 0.25) is 12.7 Å². The summed E-state index contributed by atoms with van der Waals surface area (Å²) in [7, 11) is 0. The summed E-state index contributed by atoms with van der Waals surface area (Å²) in [5, 5.41) is 2.70. The monoisotopic (exact) mass is 437 g/mol. The quantitative estimate of drug-likeness (QED) is 0.750. The Morgan fingerprint density at radius 1 is 0.968 bits per heavy atom. The number of halogens is 3. The number of nitrogens with one attached hydrogen (secondary N) is 1. The van der Waals surface area contributed by atoms with E-state index in [0.29, 0.717) is 5.69 Å². The van der Waals surface area contributed by atoms with Gasteiger partial charge in [0.25, 0.3) is 0 Å². The molecule has 1 saturated heterocycles. The van der Waals surface area contributed by atoms with Crippen molar-refractivity contribution in [2.75, 3.05) is 44.8 Å². The molecule has 10 heteroatoms. The molecule has 2 aliphatic rings. The van der Waals surface area contributed by atoms with E-state index in [1.807, 2.05) is 23.1 Å². The largest absolute Gasteiger partial charge is 0.573 e. The summed E-state index contributed by atoms with van der Waals surface area (Å²) in [6.07, 6.45) is -4.74. The van der Waals surface area contributed by atoms with E-state index in [0.717, 1.165) is 61.9 Å². The van der Waals surface area contributed by atoms with Gasteiger partial charge in [0.1, 0.15) is 5.75 Å². The van der Waals surface area contributed by atoms with Crippen LogP contribution in [0.4, 0.5) is 18.9 Å². The van der Waals surface area contributed by atoms with E-state index in [1.165, 1.54) is 12.1 Å². The van der Waals surface area contributed by atoms with Crippen LogP contribution in [0.25, 0.3) is 0 Å². The van der Waals surface area contributed by atoms with E-state index in [4.69, 9.17) is 9.47 Å². The molecule has 0 spiro atoms. The molecule has 0 radical (unpaired) electrons. The van der Waals surface area contributed by atoms with Crippen LogP contribution in [0.2, 0.25) is 0 Å². The molecule has 7 nitrogen and oxygen atoms in total. The van der Waals surface area contributed by atoms with Gasteiger partial charge in [0.05, 0.1) is 6.54 Å². The second kappa shape index (κ2) is 9.03. The maximum atomic E-state index is 12.3. The van der Waals surface area contributed by atoms with Crippen molar-refractivity contribution in [3.8, 4) is 17.2 Å². The average Bonchev–Trinajstić information content (AvgIpc) is 3.18. The van der Waals surface area contributed by atoms with Gasteiger partial charge >= 0.3 is 6.36 Å². The van der Waals surface area contributed by atoms with Crippen molar-refractivity contribution in [1.29, 1.82) is 0 Å². The van der Waals surface area contributed by atoms with Crippen molar-refractivity contribution in [3.63, 3.8) is 0 Å². The van der Waals surface area contributed by atoms with Crippen molar-refractivity contribution in [1.82, 2.24) is 9.80 Å². The van der Waals surface area contributed by atoms with Crippen LogP contribution in [0.5, 0.6) is 17.2 Å². The number of carbonyl (C=O) groups excluding carboxylic acids is 1. The first kappa shape index (κ1) is 21.3. The first-order valence-electron chi connectivity index (χ1n) is 9.83. The lowest BCUT2D eigenvalue weighted by Gasteiger charge is -2.34. The zero-order chi connectivity index (χ0) is 21.8. The normalized spacial score (nSPS) is 16.9. The van der Waals surface area contributed by atoms with E-state index in [-0.39, 0.29) is 25.0 Å². The number of alkyl halides is 3. The van der Waals surface area contributed by atoms with Gasteiger partial charge in [-0.2, -0.15) is 0 Å². The molecule has 0 aliphatic carbocycles. The molecule has 166 valence electrons. The van der Waals surface area contributed by atoms with E-state index >= 15 is 0 Å². The smallest absolute Gasteiger partial charge is 0.454 e. The first-order valence-corrected chi connectivity index (χ1v) is 9.83. The van der Waals surface area contributed by atoms with Gasteiger partial charge in [-0.1, -0.05) is 6.07 Å². The maximum Gasteiger partial charge on any atom is 0.573 e. The minimum absolute atomic E-state index is 0.214. The Morgan fingerprint density at radius 2 is 1.65 bits per heavy atom. The Bertz CT molecular complexity index is 913.